The lowest BCUT2D eigenvalue weighted by Crippen LogP contribution is -2.52. The zero-order valence-electron chi connectivity index (χ0n) is 22.9. The van der Waals surface area contributed by atoms with Gasteiger partial charge in [0.2, 0.25) is 0 Å². The number of nitrogens with one attached hydrogen (secondary N) is 1. The Hall–Kier alpha value is -2.86. The van der Waals surface area contributed by atoms with Crippen molar-refractivity contribution in [1.82, 2.24) is 24.3 Å². The van der Waals surface area contributed by atoms with Crippen LogP contribution in [0.15, 0.2) is 29.1 Å². The molecule has 3 aliphatic rings. The van der Waals surface area contributed by atoms with Crippen LogP contribution in [0.1, 0.15) is 58.4 Å². The molecule has 1 aromatic carbocycles. The summed E-state index contributed by atoms with van der Waals surface area (Å²) in [5, 5.41) is 3.14. The lowest BCUT2D eigenvalue weighted by atomic mass is 9.97. The third kappa shape index (κ3) is 5.58. The van der Waals surface area contributed by atoms with E-state index in [2.05, 4.69) is 10.2 Å². The van der Waals surface area contributed by atoms with E-state index in [4.69, 9.17) is 4.74 Å². The SMILES string of the molecule is CC(C)n1c(=O)n(C(=O)N[C@@H]2C[C@H]3CC[C@@H](C2)N3CCCOC(=O)N(C)C2CCS(=O)(=O)C2)c2ccccc21. The van der Waals surface area contributed by atoms with Gasteiger partial charge in [0.05, 0.1) is 29.1 Å². The zero-order chi connectivity index (χ0) is 27.9. The summed E-state index contributed by atoms with van der Waals surface area (Å²) in [4.78, 5) is 42.7. The Morgan fingerprint density at radius 3 is 2.38 bits per heavy atom. The number of rotatable bonds is 7. The van der Waals surface area contributed by atoms with E-state index < -0.39 is 15.9 Å². The van der Waals surface area contributed by atoms with Crippen LogP contribution in [0.3, 0.4) is 0 Å². The van der Waals surface area contributed by atoms with Gasteiger partial charge in [0, 0.05) is 43.8 Å². The van der Waals surface area contributed by atoms with Crippen LogP contribution >= 0.6 is 0 Å². The number of carbonyl (C=O) groups excluding carboxylic acids is 2. The number of imidazole rings is 1. The number of hydrogen-bond donors (Lipinski definition) is 1. The van der Waals surface area contributed by atoms with E-state index >= 15 is 0 Å². The van der Waals surface area contributed by atoms with Gasteiger partial charge in [-0.3, -0.25) is 9.47 Å². The number of ether oxygens (including phenoxy) is 1. The quantitative estimate of drug-likeness (QED) is 0.516. The van der Waals surface area contributed by atoms with Gasteiger partial charge in [-0.05, 0) is 64.5 Å². The van der Waals surface area contributed by atoms with Crippen LogP contribution in [0.25, 0.3) is 11.0 Å². The number of para-hydroxylation sites is 2. The van der Waals surface area contributed by atoms with Gasteiger partial charge in [-0.2, -0.15) is 0 Å². The molecule has 39 heavy (non-hydrogen) atoms. The number of benzene rings is 1. The predicted molar refractivity (Wildman–Crippen MR) is 148 cm³/mol. The molecule has 3 fully saturated rings. The fraction of sp³-hybridized carbons (Fsp3) is 0.667. The van der Waals surface area contributed by atoms with Crippen LogP contribution in [0, 0.1) is 0 Å². The lowest BCUT2D eigenvalue weighted by molar-refractivity contribution is 0.0823. The van der Waals surface area contributed by atoms with Crippen molar-refractivity contribution < 1.29 is 22.7 Å². The van der Waals surface area contributed by atoms with E-state index in [9.17, 15) is 22.8 Å². The van der Waals surface area contributed by atoms with Gasteiger partial charge in [-0.25, -0.2) is 27.4 Å². The van der Waals surface area contributed by atoms with E-state index in [0.29, 0.717) is 30.4 Å². The third-order valence-corrected chi connectivity index (χ3v) is 10.3. The van der Waals surface area contributed by atoms with Crippen molar-refractivity contribution in [3.05, 3.63) is 34.7 Å². The summed E-state index contributed by atoms with van der Waals surface area (Å²) in [7, 11) is -1.46. The number of hydrogen-bond acceptors (Lipinski definition) is 7. The van der Waals surface area contributed by atoms with E-state index in [1.165, 1.54) is 9.47 Å². The highest BCUT2D eigenvalue weighted by Gasteiger charge is 2.41. The summed E-state index contributed by atoms with van der Waals surface area (Å²) in [6, 6.07) is 7.30. The number of piperidine rings is 1. The summed E-state index contributed by atoms with van der Waals surface area (Å²) >= 11 is 0. The molecule has 0 radical (unpaired) electrons. The van der Waals surface area contributed by atoms with E-state index in [0.717, 1.165) is 37.7 Å². The second-order valence-electron chi connectivity index (χ2n) is 11.4. The molecule has 12 heteroatoms. The molecule has 0 aliphatic carbocycles. The summed E-state index contributed by atoms with van der Waals surface area (Å²) in [5.41, 5.74) is 1.05. The molecule has 0 saturated carbocycles. The molecule has 5 rings (SSSR count). The fourth-order valence-corrected chi connectivity index (χ4v) is 8.38. The first-order valence-corrected chi connectivity index (χ1v) is 15.8. The number of carbonyl (C=O) groups is 2. The molecule has 1 unspecified atom stereocenters. The molecule has 4 heterocycles. The topological polar surface area (TPSA) is 123 Å². The maximum atomic E-state index is 13.3. The molecule has 2 bridgehead atoms. The van der Waals surface area contributed by atoms with Crippen molar-refractivity contribution in [3.8, 4) is 0 Å². The van der Waals surface area contributed by atoms with Crippen LogP contribution in [0.5, 0.6) is 0 Å². The number of fused-ring (bicyclic) bond motifs is 3. The minimum Gasteiger partial charge on any atom is -0.449 e. The molecule has 2 amide bonds. The molecule has 4 atom stereocenters. The second-order valence-corrected chi connectivity index (χ2v) is 13.7. The Kier molecular flexibility index (Phi) is 7.78. The first kappa shape index (κ1) is 27.7. The Morgan fingerprint density at radius 2 is 1.77 bits per heavy atom. The molecule has 3 aliphatic heterocycles. The Morgan fingerprint density at radius 1 is 1.10 bits per heavy atom. The first-order chi connectivity index (χ1) is 18.6. The van der Waals surface area contributed by atoms with Gasteiger partial charge in [-0.15, -0.1) is 0 Å². The molecular formula is C27H39N5O6S. The number of sulfone groups is 1. The fourth-order valence-electron chi connectivity index (χ4n) is 6.60. The maximum Gasteiger partial charge on any atom is 0.409 e. The van der Waals surface area contributed by atoms with Crippen molar-refractivity contribution in [2.45, 2.75) is 82.6 Å². The van der Waals surface area contributed by atoms with E-state index in [1.807, 2.05) is 38.1 Å². The normalized spacial score (nSPS) is 26.3. The number of amides is 2. The minimum absolute atomic E-state index is 0.00184. The van der Waals surface area contributed by atoms with E-state index in [-0.39, 0.29) is 48.0 Å². The highest BCUT2D eigenvalue weighted by molar-refractivity contribution is 7.91. The van der Waals surface area contributed by atoms with Gasteiger partial charge in [0.25, 0.3) is 0 Å². The first-order valence-electron chi connectivity index (χ1n) is 13.9. The predicted octanol–water partition coefficient (Wildman–Crippen LogP) is 2.58. The Labute approximate surface area is 229 Å². The monoisotopic (exact) mass is 561 g/mol. The molecule has 11 nitrogen and oxygen atoms in total. The molecule has 1 aromatic heterocycles. The molecule has 214 valence electrons. The molecule has 1 N–H and O–H groups in total. The molecule has 3 saturated heterocycles. The number of aromatic nitrogens is 2. The lowest BCUT2D eigenvalue weighted by Gasteiger charge is -2.39. The minimum atomic E-state index is -3.06. The smallest absolute Gasteiger partial charge is 0.409 e. The summed E-state index contributed by atoms with van der Waals surface area (Å²) < 4.78 is 31.7. The average molecular weight is 562 g/mol. The summed E-state index contributed by atoms with van der Waals surface area (Å²) in [6.45, 7) is 4.95. The second kappa shape index (κ2) is 11.0. The van der Waals surface area contributed by atoms with Crippen LogP contribution in [0.2, 0.25) is 0 Å². The maximum absolute atomic E-state index is 13.3. The highest BCUT2D eigenvalue weighted by atomic mass is 32.2. The van der Waals surface area contributed by atoms with Gasteiger partial charge < -0.3 is 15.0 Å². The molecule has 0 spiro atoms. The van der Waals surface area contributed by atoms with Crippen molar-refractivity contribution in [3.63, 3.8) is 0 Å². The molecule has 2 aromatic rings. The van der Waals surface area contributed by atoms with Crippen LogP contribution in [0.4, 0.5) is 9.59 Å². The van der Waals surface area contributed by atoms with Gasteiger partial charge in [-0.1, -0.05) is 12.1 Å². The summed E-state index contributed by atoms with van der Waals surface area (Å²) in [6.07, 6.45) is 4.42. The van der Waals surface area contributed by atoms with Crippen molar-refractivity contribution in [1.29, 1.82) is 0 Å². The van der Waals surface area contributed by atoms with Gasteiger partial charge in [0.1, 0.15) is 0 Å². The van der Waals surface area contributed by atoms with Gasteiger partial charge >= 0.3 is 17.8 Å². The largest absolute Gasteiger partial charge is 0.449 e. The third-order valence-electron chi connectivity index (χ3n) is 8.54. The standard InChI is InChI=1S/C27H39N5O6S/c1-18(2)31-23-7-4-5-8-24(23)32(26(31)34)25(33)28-19-15-20-9-10-21(16-19)30(20)12-6-13-38-27(35)29(3)22-11-14-39(36,37)17-22/h4-5,7-8,18-22H,6,9-17H2,1-3H3,(H,28,33)/t19-,20-,21+,22?. The number of nitrogens with zero attached hydrogens (tertiary/aromatic N) is 4. The van der Waals surface area contributed by atoms with E-state index in [1.54, 1.807) is 11.6 Å². The highest BCUT2D eigenvalue weighted by Crippen LogP contribution is 2.36. The van der Waals surface area contributed by atoms with Gasteiger partial charge in [0.15, 0.2) is 9.84 Å². The van der Waals surface area contributed by atoms with Crippen LogP contribution in [-0.2, 0) is 14.6 Å². The van der Waals surface area contributed by atoms with Crippen LogP contribution in [-0.4, -0.2) is 95.3 Å². The Balaban J connectivity index is 1.13. The van der Waals surface area contributed by atoms with Crippen LogP contribution < -0.4 is 11.0 Å². The average Bonchev–Trinajstić information content (AvgIpc) is 3.48. The van der Waals surface area contributed by atoms with Crippen molar-refractivity contribution in [2.75, 3.05) is 31.7 Å². The zero-order valence-corrected chi connectivity index (χ0v) is 23.7. The Bertz CT molecular complexity index is 1390. The molecular weight excluding hydrogens is 522 g/mol. The van der Waals surface area contributed by atoms with Crippen molar-refractivity contribution in [2.24, 2.45) is 0 Å². The summed E-state index contributed by atoms with van der Waals surface area (Å²) in [5.74, 6) is 0.119. The van der Waals surface area contributed by atoms with Crippen molar-refractivity contribution >= 4 is 33.0 Å².